The van der Waals surface area contributed by atoms with E-state index in [2.05, 4.69) is 34.3 Å². The highest BCUT2D eigenvalue weighted by atomic mass is 32.1. The number of rotatable bonds is 3. The molecule has 2 aliphatic rings. The lowest BCUT2D eigenvalue weighted by atomic mass is 9.94. The molecule has 0 saturated heterocycles. The van der Waals surface area contributed by atoms with Gasteiger partial charge in [-0.2, -0.15) is 0 Å². The average molecular weight is 451 g/mol. The van der Waals surface area contributed by atoms with Crippen LogP contribution in [0.4, 0.5) is 10.8 Å². The fourth-order valence-corrected chi connectivity index (χ4v) is 5.51. The topological polar surface area (TPSA) is 76.6 Å². The molecule has 0 aliphatic carbocycles. The highest BCUT2D eigenvalue weighted by Gasteiger charge is 2.34. The largest absolute Gasteiger partial charge is 0.490 e. The van der Waals surface area contributed by atoms with Crippen molar-refractivity contribution in [3.05, 3.63) is 46.1 Å². The van der Waals surface area contributed by atoms with Crippen LogP contribution in [0.1, 0.15) is 40.5 Å². The summed E-state index contributed by atoms with van der Waals surface area (Å²) < 4.78 is 11.3. The third-order valence-electron chi connectivity index (χ3n) is 5.88. The molecule has 7 nitrogen and oxygen atoms in total. The Morgan fingerprint density at radius 3 is 2.78 bits per heavy atom. The van der Waals surface area contributed by atoms with Gasteiger partial charge in [0.1, 0.15) is 17.2 Å². The number of aromatic nitrogens is 2. The predicted molar refractivity (Wildman–Crippen MR) is 126 cm³/mol. The number of thiazole rings is 1. The minimum absolute atomic E-state index is 0.0437. The number of benzene rings is 1. The summed E-state index contributed by atoms with van der Waals surface area (Å²) in [5.74, 6) is 1.38. The lowest BCUT2D eigenvalue weighted by molar-refractivity contribution is 0.0901. The second-order valence-electron chi connectivity index (χ2n) is 8.91. The van der Waals surface area contributed by atoms with Crippen LogP contribution in [0, 0.1) is 13.8 Å². The van der Waals surface area contributed by atoms with E-state index in [9.17, 15) is 4.79 Å². The van der Waals surface area contributed by atoms with Crippen molar-refractivity contribution in [1.29, 1.82) is 0 Å². The fraction of sp³-hybridized carbons (Fsp3) is 0.375. The van der Waals surface area contributed by atoms with E-state index >= 15 is 0 Å². The molecule has 0 atom stereocenters. The zero-order chi connectivity index (χ0) is 22.6. The summed E-state index contributed by atoms with van der Waals surface area (Å²) in [6.07, 6.45) is 0.720. The van der Waals surface area contributed by atoms with E-state index in [1.165, 1.54) is 11.3 Å². The molecular weight excluding hydrogens is 424 g/mol. The summed E-state index contributed by atoms with van der Waals surface area (Å²) in [6, 6.07) is 8.14. The number of ether oxygens (including phenoxy) is 2. The zero-order valence-electron chi connectivity index (χ0n) is 18.9. The number of nitrogens with one attached hydrogen (secondary N) is 1. The maximum absolute atomic E-state index is 12.6. The number of pyridine rings is 1. The molecule has 32 heavy (non-hydrogen) atoms. The summed E-state index contributed by atoms with van der Waals surface area (Å²) in [7, 11) is 1.63. The van der Waals surface area contributed by atoms with Crippen molar-refractivity contribution in [2.45, 2.75) is 39.7 Å². The number of hydrogen-bond donors (Lipinski definition) is 1. The smallest absolute Gasteiger partial charge is 0.263 e. The number of carbonyl (C=O) groups excluding carboxylic acids is 1. The first-order chi connectivity index (χ1) is 15.3. The fourth-order valence-electron chi connectivity index (χ4n) is 4.49. The molecule has 1 N–H and O–H groups in total. The molecule has 8 heteroatoms. The van der Waals surface area contributed by atoms with Gasteiger partial charge in [0, 0.05) is 29.3 Å². The zero-order valence-corrected chi connectivity index (χ0v) is 19.7. The molecule has 4 heterocycles. The number of nitrogens with zero attached hydrogens (tertiary/aromatic N) is 3. The van der Waals surface area contributed by atoms with Gasteiger partial charge < -0.3 is 19.7 Å². The van der Waals surface area contributed by atoms with Gasteiger partial charge in [-0.3, -0.25) is 4.79 Å². The van der Waals surface area contributed by atoms with Crippen LogP contribution in [0.25, 0.3) is 11.1 Å². The monoisotopic (exact) mass is 450 g/mol. The molecule has 1 aromatic carbocycles. The number of fused-ring (bicyclic) bond motifs is 2. The van der Waals surface area contributed by atoms with Gasteiger partial charge >= 0.3 is 0 Å². The Kier molecular flexibility index (Phi) is 4.85. The highest BCUT2D eigenvalue weighted by molar-refractivity contribution is 7.17. The van der Waals surface area contributed by atoms with Gasteiger partial charge in [-0.15, -0.1) is 0 Å². The molecule has 0 radical (unpaired) electrons. The molecular formula is C24H26N4O3S. The van der Waals surface area contributed by atoms with E-state index in [1.54, 1.807) is 7.11 Å². The Labute approximate surface area is 191 Å². The molecule has 1 amide bonds. The molecule has 5 rings (SSSR count). The van der Waals surface area contributed by atoms with E-state index in [1.807, 2.05) is 32.9 Å². The van der Waals surface area contributed by atoms with Crippen molar-refractivity contribution in [3.63, 3.8) is 0 Å². The molecule has 3 aromatic rings. The maximum Gasteiger partial charge on any atom is 0.263 e. The van der Waals surface area contributed by atoms with Crippen LogP contribution in [0.2, 0.25) is 0 Å². The van der Waals surface area contributed by atoms with Gasteiger partial charge in [0.25, 0.3) is 5.91 Å². The Morgan fingerprint density at radius 1 is 1.22 bits per heavy atom. The molecule has 0 saturated carbocycles. The van der Waals surface area contributed by atoms with Crippen molar-refractivity contribution in [3.8, 4) is 22.8 Å². The van der Waals surface area contributed by atoms with Crippen LogP contribution in [-0.2, 0) is 6.42 Å². The second-order valence-corrected chi connectivity index (χ2v) is 9.89. The maximum atomic E-state index is 12.6. The number of carbonyl (C=O) groups is 1. The predicted octanol–water partition coefficient (Wildman–Crippen LogP) is 4.43. The van der Waals surface area contributed by atoms with Crippen LogP contribution in [0.3, 0.4) is 0 Å². The summed E-state index contributed by atoms with van der Waals surface area (Å²) in [5, 5.41) is 3.90. The molecule has 2 aromatic heterocycles. The van der Waals surface area contributed by atoms with Crippen molar-refractivity contribution in [2.75, 3.05) is 25.2 Å². The van der Waals surface area contributed by atoms with Gasteiger partial charge in [0.15, 0.2) is 5.13 Å². The summed E-state index contributed by atoms with van der Waals surface area (Å²) >= 11 is 1.45. The first-order valence-corrected chi connectivity index (χ1v) is 11.5. The van der Waals surface area contributed by atoms with E-state index in [-0.39, 0.29) is 11.4 Å². The first-order valence-electron chi connectivity index (χ1n) is 10.6. The molecule has 0 fully saturated rings. The highest BCUT2D eigenvalue weighted by Crippen LogP contribution is 2.43. The molecule has 2 aliphatic heterocycles. The van der Waals surface area contributed by atoms with Crippen molar-refractivity contribution >= 4 is 28.1 Å². The van der Waals surface area contributed by atoms with E-state index in [4.69, 9.17) is 14.5 Å². The van der Waals surface area contributed by atoms with Gasteiger partial charge in [0.2, 0.25) is 5.88 Å². The first kappa shape index (κ1) is 20.8. The number of amides is 1. The lowest BCUT2D eigenvalue weighted by Crippen LogP contribution is -2.48. The van der Waals surface area contributed by atoms with Crippen molar-refractivity contribution < 1.29 is 14.3 Å². The number of aryl methyl sites for hydroxylation is 2. The third-order valence-corrected chi connectivity index (χ3v) is 7.00. The normalized spacial score (nSPS) is 16.7. The molecule has 0 unspecified atom stereocenters. The van der Waals surface area contributed by atoms with E-state index in [0.29, 0.717) is 23.9 Å². The standard InChI is InChI=1S/C24H26N4O3S/c1-13-10-19(30-5)25-14(2)20(13)15-6-7-18-17(11-15)28(8-9-31-18)23-26-16-12-24(3,4)27-22(29)21(16)32-23/h6-7,10-11H,8-9,12H2,1-5H3,(H,27,29). The quantitative estimate of drug-likeness (QED) is 0.636. The number of methoxy groups -OCH3 is 1. The van der Waals surface area contributed by atoms with Gasteiger partial charge in [-0.05, 0) is 51.0 Å². The molecule has 166 valence electrons. The SMILES string of the molecule is COc1cc(C)c(-c2ccc3c(c2)N(c2nc4c(s2)C(=O)NC(C)(C)C4)CCO3)c(C)n1. The van der Waals surface area contributed by atoms with Crippen molar-refractivity contribution in [1.82, 2.24) is 15.3 Å². The van der Waals surface area contributed by atoms with Crippen molar-refractivity contribution in [2.24, 2.45) is 0 Å². The summed E-state index contributed by atoms with van der Waals surface area (Å²) in [6.45, 7) is 9.35. The van der Waals surface area contributed by atoms with Crippen LogP contribution < -0.4 is 19.7 Å². The van der Waals surface area contributed by atoms with E-state index < -0.39 is 0 Å². The third kappa shape index (κ3) is 3.48. The lowest BCUT2D eigenvalue weighted by Gasteiger charge is -2.30. The molecule has 0 spiro atoms. The summed E-state index contributed by atoms with van der Waals surface area (Å²) in [5.41, 5.74) is 5.68. The average Bonchev–Trinajstić information content (AvgIpc) is 3.15. The van der Waals surface area contributed by atoms with Gasteiger partial charge in [-0.25, -0.2) is 9.97 Å². The van der Waals surface area contributed by atoms with E-state index in [0.717, 1.165) is 51.1 Å². The minimum Gasteiger partial charge on any atom is -0.490 e. The van der Waals surface area contributed by atoms with Crippen LogP contribution in [-0.4, -0.2) is 41.7 Å². The summed E-state index contributed by atoms with van der Waals surface area (Å²) in [4.78, 5) is 24.9. The Balaban J connectivity index is 1.58. The molecule has 0 bridgehead atoms. The van der Waals surface area contributed by atoms with Gasteiger partial charge in [-0.1, -0.05) is 17.4 Å². The minimum atomic E-state index is -0.290. The Hall–Kier alpha value is -3.13. The van der Waals surface area contributed by atoms with Crippen LogP contribution in [0.15, 0.2) is 24.3 Å². The van der Waals surface area contributed by atoms with Gasteiger partial charge in [0.05, 0.1) is 25.0 Å². The number of hydrogen-bond acceptors (Lipinski definition) is 7. The van der Waals surface area contributed by atoms with Crippen LogP contribution in [0.5, 0.6) is 11.6 Å². The Morgan fingerprint density at radius 2 is 2.03 bits per heavy atom. The second kappa shape index (κ2) is 7.48. The Bertz CT molecular complexity index is 1210. The van der Waals surface area contributed by atoms with Crippen LogP contribution >= 0.6 is 11.3 Å². The number of anilines is 2.